The van der Waals surface area contributed by atoms with Crippen molar-refractivity contribution in [1.29, 1.82) is 0 Å². The number of hydrogen-bond acceptors (Lipinski definition) is 3. The van der Waals surface area contributed by atoms with Crippen LogP contribution in [0.5, 0.6) is 0 Å². The second-order valence-corrected chi connectivity index (χ2v) is 5.31. The topological polar surface area (TPSA) is 57.8 Å². The first-order valence-corrected chi connectivity index (χ1v) is 7.07. The molecule has 1 heterocycles. The van der Waals surface area contributed by atoms with Gasteiger partial charge < -0.3 is 10.3 Å². The molecule has 4 nitrogen and oxygen atoms in total. The van der Waals surface area contributed by atoms with Gasteiger partial charge in [-0.3, -0.25) is 4.79 Å². The zero-order chi connectivity index (χ0) is 14.7. The Morgan fingerprint density at radius 2 is 2.10 bits per heavy atom. The summed E-state index contributed by atoms with van der Waals surface area (Å²) in [5.74, 6) is 1.18. The Kier molecular flexibility index (Phi) is 4.68. The number of hydrogen-bond donors (Lipinski definition) is 2. The molecule has 0 aliphatic carbocycles. The quantitative estimate of drug-likeness (QED) is 0.902. The van der Waals surface area contributed by atoms with Gasteiger partial charge in [-0.05, 0) is 24.6 Å². The number of anilines is 1. The van der Waals surface area contributed by atoms with E-state index in [2.05, 4.69) is 15.3 Å². The molecule has 0 fully saturated rings. The van der Waals surface area contributed by atoms with E-state index in [-0.39, 0.29) is 11.6 Å². The fourth-order valence-corrected chi connectivity index (χ4v) is 2.47. The predicted molar refractivity (Wildman–Crippen MR) is 82.7 cm³/mol. The molecule has 0 bridgehead atoms. The number of benzene rings is 1. The maximum absolute atomic E-state index is 11.5. The first kappa shape index (κ1) is 14.9. The highest BCUT2D eigenvalue weighted by molar-refractivity contribution is 6.35. The van der Waals surface area contributed by atoms with Crippen LogP contribution < -0.4 is 10.9 Å². The molecule has 1 aromatic carbocycles. The molecule has 1 atom stereocenters. The van der Waals surface area contributed by atoms with Crippen molar-refractivity contribution in [3.05, 3.63) is 56.1 Å². The fraction of sp³-hybridized carbons (Fsp3) is 0.286. The molecule has 20 heavy (non-hydrogen) atoms. The van der Waals surface area contributed by atoms with E-state index in [0.29, 0.717) is 28.1 Å². The molecule has 2 aromatic rings. The molecule has 0 radical (unpaired) electrons. The van der Waals surface area contributed by atoms with Crippen molar-refractivity contribution in [2.24, 2.45) is 0 Å². The number of nitrogens with one attached hydrogen (secondary N) is 2. The van der Waals surface area contributed by atoms with Crippen LogP contribution in [0.3, 0.4) is 0 Å². The summed E-state index contributed by atoms with van der Waals surface area (Å²) < 4.78 is 0. The first-order chi connectivity index (χ1) is 9.49. The number of aromatic amines is 1. The van der Waals surface area contributed by atoms with Gasteiger partial charge in [0.25, 0.3) is 5.56 Å². The smallest absolute Gasteiger partial charge is 0.252 e. The maximum atomic E-state index is 11.5. The summed E-state index contributed by atoms with van der Waals surface area (Å²) in [6, 6.07) is 6.68. The summed E-state index contributed by atoms with van der Waals surface area (Å²) in [6.07, 6.45) is 0.668. The highest BCUT2D eigenvalue weighted by Crippen LogP contribution is 2.27. The number of nitrogens with zero attached hydrogens (tertiary/aromatic N) is 1. The molecule has 0 saturated heterocycles. The molecule has 6 heteroatoms. The molecule has 106 valence electrons. The summed E-state index contributed by atoms with van der Waals surface area (Å²) in [6.45, 7) is 3.88. The molecular formula is C14H15Cl2N3O. The largest absolute Gasteiger partial charge is 0.363 e. The van der Waals surface area contributed by atoms with Crippen LogP contribution in [0.1, 0.15) is 31.3 Å². The Morgan fingerprint density at radius 3 is 2.75 bits per heavy atom. The van der Waals surface area contributed by atoms with Gasteiger partial charge in [0.15, 0.2) is 0 Å². The standard InChI is InChI=1S/C14H15Cl2N3O/c1-3-12-18-13(7-14(20)19-12)17-8(2)10-5-4-9(15)6-11(10)16/h4-8H,3H2,1-2H3,(H2,17,18,19,20). The summed E-state index contributed by atoms with van der Waals surface area (Å²) in [5.41, 5.74) is 0.727. The summed E-state index contributed by atoms with van der Waals surface area (Å²) in [5, 5.41) is 4.35. The van der Waals surface area contributed by atoms with Crippen LogP contribution in [0.15, 0.2) is 29.1 Å². The highest BCUT2D eigenvalue weighted by atomic mass is 35.5. The molecule has 0 aliphatic rings. The number of aromatic nitrogens is 2. The van der Waals surface area contributed by atoms with Crippen LogP contribution in [-0.4, -0.2) is 9.97 Å². The van der Waals surface area contributed by atoms with Crippen molar-refractivity contribution in [1.82, 2.24) is 9.97 Å². The van der Waals surface area contributed by atoms with Crippen molar-refractivity contribution in [3.8, 4) is 0 Å². The Hall–Kier alpha value is -1.52. The van der Waals surface area contributed by atoms with Crippen molar-refractivity contribution >= 4 is 29.0 Å². The van der Waals surface area contributed by atoms with E-state index in [1.165, 1.54) is 6.07 Å². The third-order valence-corrected chi connectivity index (χ3v) is 3.48. The Morgan fingerprint density at radius 1 is 1.35 bits per heavy atom. The van der Waals surface area contributed by atoms with Gasteiger partial charge in [0.1, 0.15) is 11.6 Å². The van der Waals surface area contributed by atoms with Gasteiger partial charge in [-0.2, -0.15) is 0 Å². The van der Waals surface area contributed by atoms with Gasteiger partial charge in [0.05, 0.1) is 6.04 Å². The van der Waals surface area contributed by atoms with E-state index in [0.717, 1.165) is 5.56 Å². The minimum absolute atomic E-state index is 0.0845. The van der Waals surface area contributed by atoms with Crippen LogP contribution in [0.2, 0.25) is 10.0 Å². The Bertz CT molecular complexity index is 670. The second-order valence-electron chi connectivity index (χ2n) is 4.46. The highest BCUT2D eigenvalue weighted by Gasteiger charge is 2.11. The van der Waals surface area contributed by atoms with Crippen molar-refractivity contribution in [3.63, 3.8) is 0 Å². The van der Waals surface area contributed by atoms with Gasteiger partial charge in [-0.15, -0.1) is 0 Å². The lowest BCUT2D eigenvalue weighted by molar-refractivity contribution is 0.852. The zero-order valence-electron chi connectivity index (χ0n) is 11.2. The van der Waals surface area contributed by atoms with Crippen LogP contribution in [-0.2, 0) is 6.42 Å². The monoisotopic (exact) mass is 311 g/mol. The number of aryl methyl sites for hydroxylation is 1. The minimum Gasteiger partial charge on any atom is -0.363 e. The first-order valence-electron chi connectivity index (χ1n) is 6.31. The lowest BCUT2D eigenvalue weighted by Gasteiger charge is -2.16. The molecule has 2 rings (SSSR count). The van der Waals surface area contributed by atoms with Gasteiger partial charge in [-0.1, -0.05) is 36.2 Å². The Balaban J connectivity index is 2.25. The molecule has 0 amide bonds. The number of rotatable bonds is 4. The molecule has 0 spiro atoms. The Labute approximate surface area is 127 Å². The van der Waals surface area contributed by atoms with Gasteiger partial charge in [0.2, 0.25) is 0 Å². The summed E-state index contributed by atoms with van der Waals surface area (Å²) in [7, 11) is 0. The van der Waals surface area contributed by atoms with Crippen LogP contribution in [0.25, 0.3) is 0 Å². The molecule has 1 aromatic heterocycles. The van der Waals surface area contributed by atoms with E-state index in [1.54, 1.807) is 12.1 Å². The van der Waals surface area contributed by atoms with E-state index in [9.17, 15) is 4.79 Å². The van der Waals surface area contributed by atoms with Crippen LogP contribution in [0, 0.1) is 0 Å². The van der Waals surface area contributed by atoms with Crippen molar-refractivity contribution in [2.45, 2.75) is 26.3 Å². The average molecular weight is 312 g/mol. The van der Waals surface area contributed by atoms with E-state index < -0.39 is 0 Å². The second kappa shape index (κ2) is 6.29. The van der Waals surface area contributed by atoms with E-state index in [1.807, 2.05) is 19.9 Å². The zero-order valence-corrected chi connectivity index (χ0v) is 12.7. The van der Waals surface area contributed by atoms with Crippen LogP contribution >= 0.6 is 23.2 Å². The van der Waals surface area contributed by atoms with Gasteiger partial charge in [0, 0.05) is 22.5 Å². The molecule has 0 saturated carbocycles. The number of halogens is 2. The average Bonchev–Trinajstić information content (AvgIpc) is 2.37. The lowest BCUT2D eigenvalue weighted by Crippen LogP contribution is -2.15. The number of H-pyrrole nitrogens is 1. The molecule has 0 aliphatic heterocycles. The van der Waals surface area contributed by atoms with Crippen molar-refractivity contribution < 1.29 is 0 Å². The van der Waals surface area contributed by atoms with Gasteiger partial charge >= 0.3 is 0 Å². The van der Waals surface area contributed by atoms with E-state index in [4.69, 9.17) is 23.2 Å². The van der Waals surface area contributed by atoms with E-state index >= 15 is 0 Å². The molecule has 2 N–H and O–H groups in total. The lowest BCUT2D eigenvalue weighted by atomic mass is 10.1. The predicted octanol–water partition coefficient (Wildman–Crippen LogP) is 3.81. The van der Waals surface area contributed by atoms with Gasteiger partial charge in [-0.25, -0.2) is 4.98 Å². The molecule has 1 unspecified atom stereocenters. The summed E-state index contributed by atoms with van der Waals surface area (Å²) >= 11 is 12.0. The fourth-order valence-electron chi connectivity index (χ4n) is 1.90. The minimum atomic E-state index is -0.172. The third-order valence-electron chi connectivity index (χ3n) is 2.92. The maximum Gasteiger partial charge on any atom is 0.252 e. The van der Waals surface area contributed by atoms with Crippen molar-refractivity contribution in [2.75, 3.05) is 5.32 Å². The third kappa shape index (κ3) is 3.52. The normalized spacial score (nSPS) is 12.2. The van der Waals surface area contributed by atoms with Crippen LogP contribution in [0.4, 0.5) is 5.82 Å². The SMILES string of the molecule is CCc1nc(NC(C)c2ccc(Cl)cc2Cl)cc(=O)[nH]1. The molecular weight excluding hydrogens is 297 g/mol. The summed E-state index contributed by atoms with van der Waals surface area (Å²) in [4.78, 5) is 18.5.